The van der Waals surface area contributed by atoms with E-state index in [0.29, 0.717) is 11.6 Å². The molecule has 4 aromatic rings. The van der Waals surface area contributed by atoms with Crippen LogP contribution in [0, 0.1) is 19.4 Å². The molecule has 0 saturated carbocycles. The van der Waals surface area contributed by atoms with Crippen molar-refractivity contribution in [3.63, 3.8) is 0 Å². The highest BCUT2D eigenvalue weighted by molar-refractivity contribution is 6.16. The Morgan fingerprint density at radius 2 is 1.89 bits per heavy atom. The molecule has 4 rings (SSSR count). The molecule has 0 amide bonds. The molecular formula is C24H23N2O+. The number of fused-ring (bicyclic) bond motifs is 3. The summed E-state index contributed by atoms with van der Waals surface area (Å²) in [6.45, 7) is 14.5. The van der Waals surface area contributed by atoms with Gasteiger partial charge in [0.2, 0.25) is 11.4 Å². The molecule has 0 spiro atoms. The van der Waals surface area contributed by atoms with E-state index in [2.05, 4.69) is 48.4 Å². The van der Waals surface area contributed by atoms with Crippen molar-refractivity contribution in [2.75, 3.05) is 0 Å². The second kappa shape index (κ2) is 6.55. The standard InChI is InChI=1S/C24H23N2O/c1-15(2)13-17-9-8-11-19-22(17)23-20(27-19)14-16(3)21(24(23)25-4)18-10-6-7-12-26(18)5/h6-12,14-15H,13H2,1-3,5H3/q+1. The second-order valence-corrected chi connectivity index (χ2v) is 7.59. The number of aromatic nitrogens is 1. The average molecular weight is 355 g/mol. The van der Waals surface area contributed by atoms with E-state index >= 15 is 0 Å². The molecule has 0 radical (unpaired) electrons. The van der Waals surface area contributed by atoms with Crippen molar-refractivity contribution in [3.8, 4) is 11.3 Å². The van der Waals surface area contributed by atoms with Gasteiger partial charge in [0, 0.05) is 22.9 Å². The lowest BCUT2D eigenvalue weighted by Gasteiger charge is -2.10. The van der Waals surface area contributed by atoms with Crippen LogP contribution in [-0.4, -0.2) is 0 Å². The van der Waals surface area contributed by atoms with Crippen LogP contribution in [0.2, 0.25) is 0 Å². The van der Waals surface area contributed by atoms with Crippen molar-refractivity contribution in [1.82, 2.24) is 0 Å². The zero-order chi connectivity index (χ0) is 19.1. The summed E-state index contributed by atoms with van der Waals surface area (Å²) in [7, 11) is 2.02. The molecule has 0 aliphatic rings. The molecule has 2 heterocycles. The number of hydrogen-bond acceptors (Lipinski definition) is 1. The molecule has 0 aliphatic heterocycles. The third-order valence-corrected chi connectivity index (χ3v) is 5.10. The smallest absolute Gasteiger partial charge is 0.212 e. The Labute approximate surface area is 159 Å². The van der Waals surface area contributed by atoms with Gasteiger partial charge < -0.3 is 4.42 Å². The molecule has 134 valence electrons. The predicted octanol–water partition coefficient (Wildman–Crippen LogP) is 6.14. The van der Waals surface area contributed by atoms with Gasteiger partial charge >= 0.3 is 0 Å². The van der Waals surface area contributed by atoms with Gasteiger partial charge in [-0.1, -0.05) is 26.0 Å². The molecule has 3 heteroatoms. The zero-order valence-corrected chi connectivity index (χ0v) is 16.2. The molecule has 0 unspecified atom stereocenters. The lowest BCUT2D eigenvalue weighted by atomic mass is 9.94. The van der Waals surface area contributed by atoms with Gasteiger partial charge in [-0.15, -0.1) is 0 Å². The minimum Gasteiger partial charge on any atom is -0.457 e. The Bertz CT molecular complexity index is 1210. The summed E-state index contributed by atoms with van der Waals surface area (Å²) < 4.78 is 8.24. The highest BCUT2D eigenvalue weighted by atomic mass is 16.3. The van der Waals surface area contributed by atoms with Crippen LogP contribution in [0.3, 0.4) is 0 Å². The molecule has 2 aromatic carbocycles. The summed E-state index contributed by atoms with van der Waals surface area (Å²) in [5.41, 5.74) is 6.68. The Balaban J connectivity index is 2.16. The molecule has 0 aliphatic carbocycles. The van der Waals surface area contributed by atoms with E-state index in [0.717, 1.165) is 45.2 Å². The SMILES string of the molecule is [C-]#[N+]c1c(-c2cccc[n+]2C)c(C)cc2oc3cccc(CC(C)C)c3c12. The number of furan rings is 1. The predicted molar refractivity (Wildman–Crippen MR) is 110 cm³/mol. The molecule has 27 heavy (non-hydrogen) atoms. The fraction of sp³-hybridized carbons (Fsp3) is 0.250. The first-order chi connectivity index (χ1) is 13.0. The van der Waals surface area contributed by atoms with Crippen LogP contribution in [-0.2, 0) is 13.5 Å². The summed E-state index contributed by atoms with van der Waals surface area (Å²) in [4.78, 5) is 4.00. The second-order valence-electron chi connectivity index (χ2n) is 7.59. The van der Waals surface area contributed by atoms with E-state index in [1.807, 2.05) is 37.5 Å². The first kappa shape index (κ1) is 17.3. The molecule has 0 atom stereocenters. The number of benzene rings is 2. The van der Waals surface area contributed by atoms with Crippen LogP contribution in [0.4, 0.5) is 5.69 Å². The van der Waals surface area contributed by atoms with E-state index in [1.165, 1.54) is 5.56 Å². The minimum absolute atomic E-state index is 0.536. The maximum absolute atomic E-state index is 7.98. The first-order valence-electron chi connectivity index (χ1n) is 9.31. The van der Waals surface area contributed by atoms with Crippen LogP contribution in [0.15, 0.2) is 53.1 Å². The summed E-state index contributed by atoms with van der Waals surface area (Å²) in [6.07, 6.45) is 2.98. The van der Waals surface area contributed by atoms with E-state index in [-0.39, 0.29) is 0 Å². The fourth-order valence-electron chi connectivity index (χ4n) is 3.98. The van der Waals surface area contributed by atoms with Gasteiger partial charge in [-0.3, -0.25) is 0 Å². The van der Waals surface area contributed by atoms with Crippen molar-refractivity contribution in [3.05, 3.63) is 71.2 Å². The van der Waals surface area contributed by atoms with Crippen LogP contribution < -0.4 is 4.57 Å². The lowest BCUT2D eigenvalue weighted by molar-refractivity contribution is -0.660. The maximum Gasteiger partial charge on any atom is 0.212 e. The van der Waals surface area contributed by atoms with Gasteiger partial charge in [0.1, 0.15) is 18.2 Å². The summed E-state index contributed by atoms with van der Waals surface area (Å²) in [6, 6.07) is 14.4. The summed E-state index contributed by atoms with van der Waals surface area (Å²) in [5.74, 6) is 0.536. The van der Waals surface area contributed by atoms with E-state index in [9.17, 15) is 0 Å². The van der Waals surface area contributed by atoms with Crippen molar-refractivity contribution in [2.45, 2.75) is 27.2 Å². The minimum atomic E-state index is 0.536. The Morgan fingerprint density at radius 3 is 2.59 bits per heavy atom. The number of pyridine rings is 1. The van der Waals surface area contributed by atoms with Crippen molar-refractivity contribution in [1.29, 1.82) is 0 Å². The van der Waals surface area contributed by atoms with Gasteiger partial charge in [-0.25, -0.2) is 9.41 Å². The van der Waals surface area contributed by atoms with Gasteiger partial charge in [-0.2, -0.15) is 0 Å². The Hall–Kier alpha value is -3.12. The van der Waals surface area contributed by atoms with Gasteiger partial charge in [-0.05, 0) is 48.6 Å². The van der Waals surface area contributed by atoms with Crippen LogP contribution in [0.1, 0.15) is 25.0 Å². The molecule has 0 bridgehead atoms. The molecule has 0 N–H and O–H groups in total. The number of rotatable bonds is 3. The molecule has 3 nitrogen and oxygen atoms in total. The topological polar surface area (TPSA) is 21.4 Å². The Morgan fingerprint density at radius 1 is 1.07 bits per heavy atom. The van der Waals surface area contributed by atoms with Gasteiger partial charge in [0.05, 0.1) is 12.1 Å². The summed E-state index contributed by atoms with van der Waals surface area (Å²) in [5, 5.41) is 2.03. The lowest BCUT2D eigenvalue weighted by Crippen LogP contribution is -2.30. The van der Waals surface area contributed by atoms with Crippen LogP contribution in [0.5, 0.6) is 0 Å². The van der Waals surface area contributed by atoms with Crippen molar-refractivity contribution < 1.29 is 8.98 Å². The average Bonchev–Trinajstić information content (AvgIpc) is 2.99. The van der Waals surface area contributed by atoms with E-state index in [4.69, 9.17) is 11.0 Å². The molecule has 0 saturated heterocycles. The normalized spacial score (nSPS) is 11.4. The van der Waals surface area contributed by atoms with E-state index in [1.54, 1.807) is 0 Å². The largest absolute Gasteiger partial charge is 0.457 e. The third kappa shape index (κ3) is 2.78. The summed E-state index contributed by atoms with van der Waals surface area (Å²) >= 11 is 0. The fourth-order valence-corrected chi connectivity index (χ4v) is 3.98. The third-order valence-electron chi connectivity index (χ3n) is 5.10. The number of nitrogens with zero attached hydrogens (tertiary/aromatic N) is 2. The highest BCUT2D eigenvalue weighted by Gasteiger charge is 2.24. The first-order valence-corrected chi connectivity index (χ1v) is 9.31. The Kier molecular flexibility index (Phi) is 4.20. The van der Waals surface area contributed by atoms with Gasteiger partial charge in [0.25, 0.3) is 0 Å². The zero-order valence-electron chi connectivity index (χ0n) is 16.2. The molecule has 0 fully saturated rings. The number of hydrogen-bond donors (Lipinski definition) is 0. The van der Waals surface area contributed by atoms with Crippen molar-refractivity contribution >= 4 is 27.6 Å². The monoisotopic (exact) mass is 355 g/mol. The van der Waals surface area contributed by atoms with Crippen molar-refractivity contribution in [2.24, 2.45) is 13.0 Å². The van der Waals surface area contributed by atoms with Crippen LogP contribution in [0.25, 0.3) is 38.0 Å². The maximum atomic E-state index is 7.98. The molecule has 2 aromatic heterocycles. The number of aryl methyl sites for hydroxylation is 2. The van der Waals surface area contributed by atoms with E-state index < -0.39 is 0 Å². The quantitative estimate of drug-likeness (QED) is 0.320. The van der Waals surface area contributed by atoms with Gasteiger partial charge in [0.15, 0.2) is 6.20 Å². The molecular weight excluding hydrogens is 332 g/mol. The highest BCUT2D eigenvalue weighted by Crippen LogP contribution is 2.44. The van der Waals surface area contributed by atoms with Crippen LogP contribution >= 0.6 is 0 Å².